The van der Waals surface area contributed by atoms with Gasteiger partial charge in [0.2, 0.25) is 0 Å². The number of hydrogen-bond acceptors (Lipinski definition) is 5. The number of hydrogen-bond donors (Lipinski definition) is 1. The molecule has 29 heavy (non-hydrogen) atoms. The van der Waals surface area contributed by atoms with Gasteiger partial charge in [-0.05, 0) is 43.9 Å². The molecule has 0 saturated carbocycles. The number of aryl methyl sites for hydroxylation is 1. The minimum Gasteiger partial charge on any atom is -0.456 e. The molecule has 1 heterocycles. The monoisotopic (exact) mass is 395 g/mol. The zero-order valence-corrected chi connectivity index (χ0v) is 16.9. The minimum absolute atomic E-state index is 0.0497. The van der Waals surface area contributed by atoms with E-state index < -0.39 is 11.5 Å². The van der Waals surface area contributed by atoms with Crippen LogP contribution in [0.5, 0.6) is 0 Å². The molecule has 0 bridgehead atoms. The molecule has 0 unspecified atom stereocenters. The van der Waals surface area contributed by atoms with Gasteiger partial charge in [0.15, 0.2) is 6.61 Å². The molecule has 0 radical (unpaired) electrons. The smallest absolute Gasteiger partial charge is 0.306 e. The molecule has 7 heteroatoms. The van der Waals surface area contributed by atoms with Gasteiger partial charge in [0.05, 0.1) is 0 Å². The molecule has 7 nitrogen and oxygen atoms in total. The number of H-pyrrole nitrogens is 1. The first-order chi connectivity index (χ1) is 13.9. The molecule has 2 aromatic rings. The Kier molecular flexibility index (Phi) is 7.72. The standard InChI is InChI=1S/C22H25N3O4/c1-4-25(13-17-8-6-5-7-9-17)20(26)14-29-21(27)11-10-18-15(2)19(12-23)22(28)24-16(18)3/h5-9H,4,10-11,13-14H2,1-3H3,(H,24,28). The highest BCUT2D eigenvalue weighted by atomic mass is 16.5. The number of aromatic amines is 1. The normalized spacial score (nSPS) is 10.3. The van der Waals surface area contributed by atoms with Crippen molar-refractivity contribution in [2.45, 2.75) is 40.2 Å². The van der Waals surface area contributed by atoms with Crippen molar-refractivity contribution in [2.24, 2.45) is 0 Å². The van der Waals surface area contributed by atoms with Crippen molar-refractivity contribution in [3.8, 4) is 6.07 Å². The summed E-state index contributed by atoms with van der Waals surface area (Å²) in [5.74, 6) is -0.759. The van der Waals surface area contributed by atoms with Crippen LogP contribution in [-0.4, -0.2) is 34.9 Å². The van der Waals surface area contributed by atoms with Crippen LogP contribution < -0.4 is 5.56 Å². The van der Waals surface area contributed by atoms with Crippen molar-refractivity contribution in [1.29, 1.82) is 5.26 Å². The Morgan fingerprint density at radius 1 is 1.21 bits per heavy atom. The van der Waals surface area contributed by atoms with Crippen LogP contribution in [0.4, 0.5) is 0 Å². The van der Waals surface area contributed by atoms with Crippen molar-refractivity contribution in [3.05, 3.63) is 68.6 Å². The van der Waals surface area contributed by atoms with Crippen molar-refractivity contribution in [2.75, 3.05) is 13.2 Å². The van der Waals surface area contributed by atoms with E-state index in [1.165, 1.54) is 0 Å². The van der Waals surface area contributed by atoms with Gasteiger partial charge in [-0.15, -0.1) is 0 Å². The Balaban J connectivity index is 1.91. The number of pyridine rings is 1. The van der Waals surface area contributed by atoms with Crippen LogP contribution in [0.3, 0.4) is 0 Å². The Hall–Kier alpha value is -3.40. The Morgan fingerprint density at radius 3 is 2.52 bits per heavy atom. The number of carbonyl (C=O) groups excluding carboxylic acids is 2. The van der Waals surface area contributed by atoms with Crippen molar-refractivity contribution in [3.63, 3.8) is 0 Å². The van der Waals surface area contributed by atoms with Crippen LogP contribution in [0.25, 0.3) is 0 Å². The lowest BCUT2D eigenvalue weighted by molar-refractivity contribution is -0.152. The van der Waals surface area contributed by atoms with Gasteiger partial charge in [-0.3, -0.25) is 14.4 Å². The maximum absolute atomic E-state index is 12.4. The number of ether oxygens (including phenoxy) is 1. The molecular formula is C22H25N3O4. The first-order valence-corrected chi connectivity index (χ1v) is 9.47. The molecule has 152 valence electrons. The van der Waals surface area contributed by atoms with Crippen molar-refractivity contribution >= 4 is 11.9 Å². The van der Waals surface area contributed by atoms with Crippen LogP contribution in [0, 0.1) is 25.2 Å². The van der Waals surface area contributed by atoms with Crippen LogP contribution in [0.2, 0.25) is 0 Å². The molecule has 0 saturated heterocycles. The lowest BCUT2D eigenvalue weighted by Gasteiger charge is -2.21. The molecule has 0 aliphatic carbocycles. The number of rotatable bonds is 8. The summed E-state index contributed by atoms with van der Waals surface area (Å²) in [7, 11) is 0. The summed E-state index contributed by atoms with van der Waals surface area (Å²) in [6.45, 7) is 5.94. The van der Waals surface area contributed by atoms with E-state index in [2.05, 4.69) is 4.98 Å². The zero-order chi connectivity index (χ0) is 21.4. The summed E-state index contributed by atoms with van der Waals surface area (Å²) in [5.41, 5.74) is 2.55. The number of nitrogens with one attached hydrogen (secondary N) is 1. The van der Waals surface area contributed by atoms with E-state index in [0.717, 1.165) is 11.1 Å². The highest BCUT2D eigenvalue weighted by Crippen LogP contribution is 2.15. The Labute approximate surface area is 169 Å². The molecular weight excluding hydrogens is 370 g/mol. The predicted octanol–water partition coefficient (Wildman–Crippen LogP) is 2.39. The highest BCUT2D eigenvalue weighted by molar-refractivity contribution is 5.80. The third kappa shape index (κ3) is 5.79. The average Bonchev–Trinajstić information content (AvgIpc) is 2.70. The van der Waals surface area contributed by atoms with Crippen molar-refractivity contribution < 1.29 is 14.3 Å². The first kappa shape index (κ1) is 21.9. The lowest BCUT2D eigenvalue weighted by atomic mass is 9.99. The Bertz CT molecular complexity index is 974. The topological polar surface area (TPSA) is 103 Å². The number of carbonyl (C=O) groups is 2. The van der Waals surface area contributed by atoms with Gasteiger partial charge < -0.3 is 14.6 Å². The number of nitrogens with zero attached hydrogens (tertiary/aromatic N) is 2. The fraction of sp³-hybridized carbons (Fsp3) is 0.364. The summed E-state index contributed by atoms with van der Waals surface area (Å²) in [4.78, 5) is 40.5. The van der Waals surface area contributed by atoms with E-state index >= 15 is 0 Å². The third-order valence-corrected chi connectivity index (χ3v) is 4.81. The fourth-order valence-corrected chi connectivity index (χ4v) is 3.13. The van der Waals surface area contributed by atoms with E-state index in [-0.39, 0.29) is 24.5 Å². The van der Waals surface area contributed by atoms with Gasteiger partial charge in [0.25, 0.3) is 11.5 Å². The Morgan fingerprint density at radius 2 is 1.90 bits per heavy atom. The first-order valence-electron chi connectivity index (χ1n) is 9.47. The number of benzene rings is 1. The molecule has 0 aliphatic heterocycles. The predicted molar refractivity (Wildman–Crippen MR) is 108 cm³/mol. The second kappa shape index (κ2) is 10.2. The van der Waals surface area contributed by atoms with Crippen LogP contribution in [0.15, 0.2) is 35.1 Å². The molecule has 1 aromatic carbocycles. The maximum atomic E-state index is 12.4. The number of nitriles is 1. The summed E-state index contributed by atoms with van der Waals surface area (Å²) in [5, 5.41) is 9.11. The SMILES string of the molecule is CCN(Cc1ccccc1)C(=O)COC(=O)CCc1c(C)[nH]c(=O)c(C#N)c1C. The molecule has 1 aromatic heterocycles. The molecule has 1 amide bonds. The number of aromatic nitrogens is 1. The van der Waals surface area contributed by atoms with Crippen LogP contribution >= 0.6 is 0 Å². The van der Waals surface area contributed by atoms with Gasteiger partial charge in [-0.2, -0.15) is 5.26 Å². The molecule has 0 aliphatic rings. The molecule has 1 N–H and O–H groups in total. The molecule has 2 rings (SSSR count). The number of esters is 1. The summed E-state index contributed by atoms with van der Waals surface area (Å²) >= 11 is 0. The fourth-order valence-electron chi connectivity index (χ4n) is 3.13. The van der Waals surface area contributed by atoms with E-state index in [9.17, 15) is 14.4 Å². The van der Waals surface area contributed by atoms with Crippen LogP contribution in [0.1, 0.15) is 41.3 Å². The maximum Gasteiger partial charge on any atom is 0.306 e. The molecule has 0 spiro atoms. The number of likely N-dealkylation sites (N-methyl/N-ethyl adjacent to an activating group) is 1. The van der Waals surface area contributed by atoms with E-state index in [1.54, 1.807) is 18.7 Å². The van der Waals surface area contributed by atoms with Gasteiger partial charge in [0, 0.05) is 25.2 Å². The molecule has 0 fully saturated rings. The average molecular weight is 395 g/mol. The van der Waals surface area contributed by atoms with Gasteiger partial charge >= 0.3 is 5.97 Å². The third-order valence-electron chi connectivity index (χ3n) is 4.81. The highest BCUT2D eigenvalue weighted by Gasteiger charge is 2.17. The molecule has 0 atom stereocenters. The second-order valence-corrected chi connectivity index (χ2v) is 6.72. The van der Waals surface area contributed by atoms with E-state index in [0.29, 0.717) is 30.8 Å². The zero-order valence-electron chi connectivity index (χ0n) is 16.9. The summed E-state index contributed by atoms with van der Waals surface area (Å²) in [6.07, 6.45) is 0.369. The van der Waals surface area contributed by atoms with Crippen molar-refractivity contribution in [1.82, 2.24) is 9.88 Å². The van der Waals surface area contributed by atoms with Gasteiger partial charge in [0.1, 0.15) is 11.6 Å². The van der Waals surface area contributed by atoms with Gasteiger partial charge in [-0.1, -0.05) is 30.3 Å². The van der Waals surface area contributed by atoms with Gasteiger partial charge in [-0.25, -0.2) is 0 Å². The van der Waals surface area contributed by atoms with E-state index in [4.69, 9.17) is 10.00 Å². The van der Waals surface area contributed by atoms with Crippen LogP contribution in [-0.2, 0) is 27.3 Å². The largest absolute Gasteiger partial charge is 0.456 e. The second-order valence-electron chi connectivity index (χ2n) is 6.72. The van der Waals surface area contributed by atoms with E-state index in [1.807, 2.05) is 43.3 Å². The summed E-state index contributed by atoms with van der Waals surface area (Å²) in [6, 6.07) is 11.5. The number of amides is 1. The summed E-state index contributed by atoms with van der Waals surface area (Å²) < 4.78 is 5.14. The quantitative estimate of drug-likeness (QED) is 0.691. The lowest BCUT2D eigenvalue weighted by Crippen LogP contribution is -2.34. The minimum atomic E-state index is -0.502.